The molecule has 0 saturated heterocycles. The number of hydrogen-bond donors (Lipinski definition) is 2. The molecule has 0 radical (unpaired) electrons. The number of carbonyl (C=O) groups is 1. The highest BCUT2D eigenvalue weighted by atomic mass is 16.5. The largest absolute Gasteiger partial charge is 0.489 e. The van der Waals surface area contributed by atoms with Crippen molar-refractivity contribution in [3.05, 3.63) is 101 Å². The Morgan fingerprint density at radius 3 is 2.31 bits per heavy atom. The number of nitrogens with two attached hydrogens (primary N) is 1. The Labute approximate surface area is 153 Å². The van der Waals surface area contributed by atoms with Crippen molar-refractivity contribution in [2.24, 2.45) is 5.73 Å². The topological polar surface area (TPSA) is 64.4 Å². The van der Waals surface area contributed by atoms with E-state index in [4.69, 9.17) is 10.5 Å². The monoisotopic (exact) mass is 346 g/mol. The Bertz CT molecular complexity index is 846. The second-order valence-corrected chi connectivity index (χ2v) is 6.01. The number of hydrogen-bond acceptors (Lipinski definition) is 3. The Kier molecular flexibility index (Phi) is 6.01. The fourth-order valence-electron chi connectivity index (χ4n) is 2.57. The zero-order valence-electron chi connectivity index (χ0n) is 14.5. The molecular formula is C22H22N2O2. The van der Waals surface area contributed by atoms with Crippen molar-refractivity contribution < 1.29 is 9.53 Å². The van der Waals surface area contributed by atoms with Crippen LogP contribution in [0.2, 0.25) is 0 Å². The number of rotatable bonds is 7. The van der Waals surface area contributed by atoms with Gasteiger partial charge < -0.3 is 15.8 Å². The third-order valence-corrected chi connectivity index (χ3v) is 4.05. The van der Waals surface area contributed by atoms with Crippen LogP contribution in [-0.2, 0) is 19.7 Å². The first kappa shape index (κ1) is 17.7. The maximum Gasteiger partial charge on any atom is 0.251 e. The van der Waals surface area contributed by atoms with Crippen molar-refractivity contribution in [1.29, 1.82) is 0 Å². The number of benzene rings is 3. The van der Waals surface area contributed by atoms with Crippen LogP contribution in [0.25, 0.3) is 0 Å². The molecule has 0 aliphatic heterocycles. The van der Waals surface area contributed by atoms with Gasteiger partial charge in [0.15, 0.2) is 0 Å². The fraction of sp³-hybridized carbons (Fsp3) is 0.136. The second-order valence-electron chi connectivity index (χ2n) is 6.01. The van der Waals surface area contributed by atoms with E-state index in [-0.39, 0.29) is 5.91 Å². The average molecular weight is 346 g/mol. The summed E-state index contributed by atoms with van der Waals surface area (Å²) in [6.07, 6.45) is 0. The van der Waals surface area contributed by atoms with E-state index in [2.05, 4.69) is 5.32 Å². The molecule has 0 unspecified atom stereocenters. The molecule has 0 atom stereocenters. The third kappa shape index (κ3) is 4.94. The summed E-state index contributed by atoms with van der Waals surface area (Å²) in [5, 5.41) is 2.92. The molecule has 1 amide bonds. The van der Waals surface area contributed by atoms with Crippen LogP contribution in [0.1, 0.15) is 27.0 Å². The van der Waals surface area contributed by atoms with Gasteiger partial charge in [0.1, 0.15) is 12.4 Å². The number of ether oxygens (including phenoxy) is 1. The molecule has 0 saturated carbocycles. The van der Waals surface area contributed by atoms with Gasteiger partial charge in [-0.3, -0.25) is 4.79 Å². The van der Waals surface area contributed by atoms with E-state index >= 15 is 0 Å². The molecule has 4 heteroatoms. The smallest absolute Gasteiger partial charge is 0.251 e. The molecule has 0 aromatic heterocycles. The van der Waals surface area contributed by atoms with Gasteiger partial charge in [-0.05, 0) is 41.0 Å². The van der Waals surface area contributed by atoms with E-state index in [0.717, 1.165) is 22.4 Å². The summed E-state index contributed by atoms with van der Waals surface area (Å²) in [6.45, 7) is 1.42. The molecule has 3 aromatic carbocycles. The quantitative estimate of drug-likeness (QED) is 0.686. The molecule has 3 N–H and O–H groups in total. The minimum Gasteiger partial charge on any atom is -0.489 e. The van der Waals surface area contributed by atoms with Gasteiger partial charge in [0.2, 0.25) is 0 Å². The van der Waals surface area contributed by atoms with Crippen LogP contribution >= 0.6 is 0 Å². The lowest BCUT2D eigenvalue weighted by Gasteiger charge is -2.09. The van der Waals surface area contributed by atoms with Crippen LogP contribution in [0.3, 0.4) is 0 Å². The molecule has 0 spiro atoms. The molecule has 26 heavy (non-hydrogen) atoms. The van der Waals surface area contributed by atoms with Gasteiger partial charge in [-0.1, -0.05) is 54.6 Å². The first-order chi connectivity index (χ1) is 12.7. The summed E-state index contributed by atoms with van der Waals surface area (Å²) >= 11 is 0. The molecular weight excluding hydrogens is 324 g/mol. The van der Waals surface area contributed by atoms with Crippen molar-refractivity contribution in [3.8, 4) is 5.75 Å². The lowest BCUT2D eigenvalue weighted by Crippen LogP contribution is -2.22. The van der Waals surface area contributed by atoms with Gasteiger partial charge in [0.25, 0.3) is 5.91 Å². The first-order valence-electron chi connectivity index (χ1n) is 8.57. The van der Waals surface area contributed by atoms with Crippen LogP contribution in [0.4, 0.5) is 0 Å². The number of nitrogens with one attached hydrogen (secondary N) is 1. The molecule has 3 aromatic rings. The predicted molar refractivity (Wildman–Crippen MR) is 103 cm³/mol. The summed E-state index contributed by atoms with van der Waals surface area (Å²) in [6, 6.07) is 25.1. The summed E-state index contributed by atoms with van der Waals surface area (Å²) in [5.74, 6) is 0.698. The Morgan fingerprint density at radius 1 is 0.846 bits per heavy atom. The van der Waals surface area contributed by atoms with Crippen LogP contribution in [0.15, 0.2) is 78.9 Å². The number of amides is 1. The average Bonchev–Trinajstić information content (AvgIpc) is 2.72. The van der Waals surface area contributed by atoms with Gasteiger partial charge in [-0.25, -0.2) is 0 Å². The highest BCUT2D eigenvalue weighted by Crippen LogP contribution is 2.14. The minimum absolute atomic E-state index is 0.107. The molecule has 0 heterocycles. The Balaban J connectivity index is 1.51. The van der Waals surface area contributed by atoms with Gasteiger partial charge in [-0.2, -0.15) is 0 Å². The van der Waals surface area contributed by atoms with Crippen molar-refractivity contribution in [2.45, 2.75) is 19.7 Å². The van der Waals surface area contributed by atoms with Crippen LogP contribution < -0.4 is 15.8 Å². The SMILES string of the molecule is NCc1cccc(C(=O)NCc2ccc(OCc3ccccc3)cc2)c1. The van der Waals surface area contributed by atoms with Crippen LogP contribution in [0.5, 0.6) is 5.75 Å². The summed E-state index contributed by atoms with van der Waals surface area (Å²) in [5.41, 5.74) is 9.32. The molecule has 132 valence electrons. The van der Waals surface area contributed by atoms with Crippen molar-refractivity contribution in [1.82, 2.24) is 5.32 Å². The van der Waals surface area contributed by atoms with Crippen LogP contribution in [0, 0.1) is 0 Å². The zero-order valence-corrected chi connectivity index (χ0v) is 14.5. The first-order valence-corrected chi connectivity index (χ1v) is 8.57. The van der Waals surface area contributed by atoms with Gasteiger partial charge in [-0.15, -0.1) is 0 Å². The molecule has 0 bridgehead atoms. The van der Waals surface area contributed by atoms with Gasteiger partial charge in [0.05, 0.1) is 0 Å². The summed E-state index contributed by atoms with van der Waals surface area (Å²) < 4.78 is 5.77. The highest BCUT2D eigenvalue weighted by Gasteiger charge is 2.06. The lowest BCUT2D eigenvalue weighted by atomic mass is 10.1. The van der Waals surface area contributed by atoms with Crippen molar-refractivity contribution in [2.75, 3.05) is 0 Å². The van der Waals surface area contributed by atoms with Crippen LogP contribution in [-0.4, -0.2) is 5.91 Å². The molecule has 4 nitrogen and oxygen atoms in total. The normalized spacial score (nSPS) is 10.3. The second kappa shape index (κ2) is 8.83. The summed E-state index contributed by atoms with van der Waals surface area (Å²) in [7, 11) is 0. The standard InChI is InChI=1S/C22H22N2O2/c23-14-19-7-4-8-20(13-19)22(25)24-15-17-9-11-21(12-10-17)26-16-18-5-2-1-3-6-18/h1-13H,14-16,23H2,(H,24,25). The molecule has 0 aliphatic rings. The molecule has 0 fully saturated rings. The van der Waals surface area contributed by atoms with Crippen molar-refractivity contribution in [3.63, 3.8) is 0 Å². The fourth-order valence-corrected chi connectivity index (χ4v) is 2.57. The Hall–Kier alpha value is -3.11. The molecule has 3 rings (SSSR count). The highest BCUT2D eigenvalue weighted by molar-refractivity contribution is 5.94. The summed E-state index contributed by atoms with van der Waals surface area (Å²) in [4.78, 5) is 12.2. The van der Waals surface area contributed by atoms with Gasteiger partial charge >= 0.3 is 0 Å². The van der Waals surface area contributed by atoms with E-state index in [0.29, 0.717) is 25.3 Å². The number of carbonyl (C=O) groups excluding carboxylic acids is 1. The van der Waals surface area contributed by atoms with E-state index in [1.54, 1.807) is 6.07 Å². The maximum atomic E-state index is 12.2. The van der Waals surface area contributed by atoms with E-state index in [9.17, 15) is 4.79 Å². The van der Waals surface area contributed by atoms with Crippen molar-refractivity contribution >= 4 is 5.91 Å². The van der Waals surface area contributed by atoms with E-state index in [1.165, 1.54) is 0 Å². The van der Waals surface area contributed by atoms with Gasteiger partial charge in [0, 0.05) is 18.7 Å². The van der Waals surface area contributed by atoms with E-state index in [1.807, 2.05) is 72.8 Å². The predicted octanol–water partition coefficient (Wildman–Crippen LogP) is 3.65. The lowest BCUT2D eigenvalue weighted by molar-refractivity contribution is 0.0951. The third-order valence-electron chi connectivity index (χ3n) is 4.05. The molecule has 0 aliphatic carbocycles. The zero-order chi connectivity index (χ0) is 18.2. The van der Waals surface area contributed by atoms with E-state index < -0.39 is 0 Å². The Morgan fingerprint density at radius 2 is 1.58 bits per heavy atom. The maximum absolute atomic E-state index is 12.2. The minimum atomic E-state index is -0.107.